The molecule has 9 aromatic carbocycles. The topological polar surface area (TPSA) is 800 Å². The van der Waals surface area contributed by atoms with Gasteiger partial charge in [0.25, 0.3) is 0 Å². The maximum absolute atomic E-state index is 15.9. The lowest BCUT2D eigenvalue weighted by atomic mass is 9.91. The Morgan fingerprint density at radius 3 is 0.919 bits per heavy atom. The highest BCUT2D eigenvalue weighted by Gasteiger charge is 2.58. The van der Waals surface area contributed by atoms with Crippen LogP contribution in [0.5, 0.6) is 167 Å². The molecular weight excluding hydrogens is 1670 g/mol. The number of aromatic hydroxyl groups is 25. The molecule has 5 heterocycles. The number of aliphatic hydroxyl groups excluding tert-OH is 1. The molecule has 5 aliphatic heterocycles. The second-order valence-corrected chi connectivity index (χ2v) is 26.7. The van der Waals surface area contributed by atoms with E-state index in [0.717, 1.165) is 0 Å². The Bertz CT molecular complexity index is 6070. The molecule has 0 spiro atoms. The molecular formula is C75H52O48. The van der Waals surface area contributed by atoms with Crippen LogP contribution in [0.25, 0.3) is 22.3 Å². The van der Waals surface area contributed by atoms with E-state index >= 15 is 24.0 Å². The number of esters is 9. The Labute approximate surface area is 675 Å². The summed E-state index contributed by atoms with van der Waals surface area (Å²) in [5.41, 5.74) is -17.9. The zero-order chi connectivity index (χ0) is 89.3. The van der Waals surface area contributed by atoms with E-state index in [-0.39, 0.29) is 36.4 Å². The Kier molecular flexibility index (Phi) is 20.3. The largest absolute Gasteiger partial charge is 0.504 e. The van der Waals surface area contributed by atoms with E-state index in [9.17, 15) is 152 Å². The Morgan fingerprint density at radius 1 is 0.276 bits per heavy atom. The van der Waals surface area contributed by atoms with Crippen molar-refractivity contribution in [2.45, 2.75) is 61.4 Å². The number of fused-ring (bicyclic) bond motifs is 14. The molecule has 0 saturated carbocycles. The first-order valence-electron chi connectivity index (χ1n) is 34.2. The Hall–Kier alpha value is -17.3. The number of aliphatic hydroxyl groups is 1. The average molecular weight is 1720 g/mol. The van der Waals surface area contributed by atoms with Crippen LogP contribution in [0.4, 0.5) is 0 Å². The number of rotatable bonds is 6. The lowest BCUT2D eigenvalue weighted by Crippen LogP contribution is -2.63. The van der Waals surface area contributed by atoms with Crippen LogP contribution in [-0.4, -0.2) is 261 Å². The summed E-state index contributed by atoms with van der Waals surface area (Å²) in [6, 6.07) is 3.27. The fourth-order valence-electron chi connectivity index (χ4n) is 13.2. The summed E-state index contributed by atoms with van der Waals surface area (Å²) in [5.74, 6) is -64.7. The zero-order valence-corrected chi connectivity index (χ0v) is 60.2. The first-order chi connectivity index (χ1) is 58.0. The highest BCUT2D eigenvalue weighted by molar-refractivity contribution is 6.11. The number of carbonyl (C=O) groups excluding carboxylic acids is 9. The minimum Gasteiger partial charge on any atom is -0.504 e. The molecule has 9 aromatic rings. The molecule has 2 saturated heterocycles. The second-order valence-electron chi connectivity index (χ2n) is 26.7. The summed E-state index contributed by atoms with van der Waals surface area (Å²) in [6.45, 7) is -3.20. The normalized spacial score (nSPS) is 20.5. The molecule has 0 aromatic heterocycles. The fraction of sp³-hybridized carbons (Fsp3) is 0.160. The van der Waals surface area contributed by atoms with Gasteiger partial charge in [0, 0.05) is 46.5 Å². The van der Waals surface area contributed by atoms with Crippen molar-refractivity contribution in [3.05, 3.63) is 123 Å². The number of hydrogen-bond acceptors (Lipinski definition) is 48. The highest BCUT2D eigenvalue weighted by atomic mass is 16.8. The molecule has 48 nitrogen and oxygen atoms in total. The van der Waals surface area contributed by atoms with Gasteiger partial charge in [-0.05, 0) is 48.5 Å². The Morgan fingerprint density at radius 2 is 0.545 bits per heavy atom. The van der Waals surface area contributed by atoms with Gasteiger partial charge in [0.1, 0.15) is 36.5 Å². The monoisotopic (exact) mass is 1720 g/mol. The lowest BCUT2D eigenvalue weighted by Gasteiger charge is -2.43. The lowest BCUT2D eigenvalue weighted by molar-refractivity contribution is -0.284. The smallest absolute Gasteiger partial charge is 0.342 e. The molecule has 2 fully saturated rings. The van der Waals surface area contributed by atoms with Crippen LogP contribution in [0, 0.1) is 0 Å². The van der Waals surface area contributed by atoms with Crippen LogP contribution in [0.15, 0.2) is 72.8 Å². The van der Waals surface area contributed by atoms with Crippen LogP contribution in [-0.2, 0) is 52.1 Å². The van der Waals surface area contributed by atoms with Crippen molar-refractivity contribution >= 4 is 53.7 Å². The van der Waals surface area contributed by atoms with Gasteiger partial charge in [-0.3, -0.25) is 0 Å². The second kappa shape index (κ2) is 30.3. The quantitative estimate of drug-likeness (QED) is 0.0646. The van der Waals surface area contributed by atoms with E-state index in [4.69, 9.17) is 61.6 Å². The van der Waals surface area contributed by atoms with Crippen molar-refractivity contribution in [3.63, 3.8) is 0 Å². The molecule has 0 amide bonds. The van der Waals surface area contributed by atoms with Gasteiger partial charge in [0.2, 0.25) is 58.4 Å². The summed E-state index contributed by atoms with van der Waals surface area (Å²) in [4.78, 5) is 136. The molecule has 10 unspecified atom stereocenters. The summed E-state index contributed by atoms with van der Waals surface area (Å²) < 4.78 is 74.4. The van der Waals surface area contributed by atoms with Crippen LogP contribution in [0.1, 0.15) is 93.2 Å². The molecule has 10 atom stereocenters. The average Bonchev–Trinajstić information content (AvgIpc) is 1.39. The highest BCUT2D eigenvalue weighted by Crippen LogP contribution is 2.59. The SMILES string of the molecule is O=C(OC1OC2COC(=O)c3cc(O)c(O)c(O)c3-c3c4cc(c(O)c3O)Oc3c(cc(O)c(O)c3O)C(=O)OC3C(O)OC5COC(=O)c6cc(c(O)c(O)c6-c6c(cc(O)c(O)c6O)C(=O)OC5C3OC(=O)c3cc(O)c(O)c(O)c3)Oc3c(cc(O)c(O)c3O)C(=O)OC1C(OC(=O)c1cc(O)c(O)c(O)c1)C2OC4=O)c1cc(O)c(O)c(O)c1. The van der Waals surface area contributed by atoms with Crippen molar-refractivity contribution < 1.29 is 237 Å². The molecule has 640 valence electrons. The minimum absolute atomic E-state index is 0.0920. The zero-order valence-electron chi connectivity index (χ0n) is 60.2. The van der Waals surface area contributed by atoms with Gasteiger partial charge in [0.15, 0.2) is 158 Å². The maximum atomic E-state index is 15.9. The predicted molar refractivity (Wildman–Crippen MR) is 378 cm³/mol. The van der Waals surface area contributed by atoms with Gasteiger partial charge in [0.05, 0.1) is 38.9 Å². The summed E-state index contributed by atoms with van der Waals surface area (Å²) in [7, 11) is 0. The van der Waals surface area contributed by atoms with Crippen LogP contribution < -0.4 is 9.47 Å². The van der Waals surface area contributed by atoms with Crippen LogP contribution in [0.3, 0.4) is 0 Å². The third-order valence-electron chi connectivity index (χ3n) is 19.2. The summed E-state index contributed by atoms with van der Waals surface area (Å²) in [6.07, 6.45) is -28.9. The molecule has 0 radical (unpaired) electrons. The molecule has 123 heavy (non-hydrogen) atoms. The van der Waals surface area contributed by atoms with Gasteiger partial charge in [-0.25, -0.2) is 43.2 Å². The van der Waals surface area contributed by atoms with E-state index in [1.807, 2.05) is 0 Å². The summed E-state index contributed by atoms with van der Waals surface area (Å²) in [5, 5.41) is 291. The number of ether oxygens (including phenoxy) is 13. The van der Waals surface area contributed by atoms with Crippen molar-refractivity contribution in [2.75, 3.05) is 13.2 Å². The maximum Gasteiger partial charge on any atom is 0.342 e. The first kappa shape index (κ1) is 82.2. The van der Waals surface area contributed by atoms with E-state index in [0.29, 0.717) is 36.4 Å². The van der Waals surface area contributed by atoms with E-state index in [1.165, 1.54) is 0 Å². The van der Waals surface area contributed by atoms with Gasteiger partial charge >= 0.3 is 53.7 Å². The Balaban J connectivity index is 1.05. The van der Waals surface area contributed by atoms with Crippen LogP contribution in [0.2, 0.25) is 0 Å². The number of cyclic esters (lactones) is 1. The number of phenolic OH excluding ortho intramolecular Hbond substituents is 25. The predicted octanol–water partition coefficient (Wildman–Crippen LogP) is 3.15. The molecule has 26 N–H and O–H groups in total. The van der Waals surface area contributed by atoms with Gasteiger partial charge in [-0.15, -0.1) is 0 Å². The molecule has 8 bridgehead atoms. The van der Waals surface area contributed by atoms with E-state index in [1.54, 1.807) is 0 Å². The number of carbonyl (C=O) groups is 9. The molecule has 5 aliphatic rings. The number of benzene rings is 9. The molecule has 14 rings (SSSR count). The van der Waals surface area contributed by atoms with Crippen molar-refractivity contribution in [2.24, 2.45) is 0 Å². The number of phenols is 25. The first-order valence-corrected chi connectivity index (χ1v) is 34.2. The van der Waals surface area contributed by atoms with Gasteiger partial charge in [-0.2, -0.15) is 0 Å². The van der Waals surface area contributed by atoms with E-state index in [2.05, 4.69) is 0 Å². The molecule has 0 aliphatic carbocycles. The number of hydrogen-bond donors (Lipinski definition) is 26. The summed E-state index contributed by atoms with van der Waals surface area (Å²) >= 11 is 0. The minimum atomic E-state index is -3.15. The van der Waals surface area contributed by atoms with Gasteiger partial charge in [-0.1, -0.05) is 0 Å². The van der Waals surface area contributed by atoms with Crippen molar-refractivity contribution in [1.29, 1.82) is 0 Å². The van der Waals surface area contributed by atoms with Crippen LogP contribution >= 0.6 is 0 Å². The van der Waals surface area contributed by atoms with Crippen molar-refractivity contribution in [3.8, 4) is 189 Å². The van der Waals surface area contributed by atoms with E-state index < -0.39 is 367 Å². The fourth-order valence-corrected chi connectivity index (χ4v) is 13.2. The standard InChI is InChI=1S/C75H52O48/c76-24-1-15(2-25(77)42(24)86)65(101)119-61-59-36-13-111-69(105)20-11-34(49(93)53(97)40(20)39-19(70(106)117-59)8-31(83)46(90)52(39)96)113-58-23(10-33(85)48(92)56(58)100)73(109)122-64-62(120-66(102)16-3-26(78)43(87)27(79)4-16)60-37(116-75(64)123-67(103)17-5-28(80)44(88)29(81)6-17)14-112-68(104)18-7-30(82)45(89)51(95)38(18)41-21(71(107)118-60)12-35(50(94)54(41)98)114-57-22(9-32(84)47(91)55(57)99)72(108)121-63(61)74(110)115-36/h1-12,36-37,59-64,74-100,110H,13-14H2. The molecule has 48 heteroatoms. The van der Waals surface area contributed by atoms with Gasteiger partial charge < -0.3 is 194 Å². The third kappa shape index (κ3) is 14.0. The van der Waals surface area contributed by atoms with Crippen molar-refractivity contribution in [1.82, 2.24) is 0 Å². The third-order valence-corrected chi connectivity index (χ3v) is 19.2.